The normalized spacial score (nSPS) is 12.7. The Balaban J connectivity index is 4.31. The number of esters is 3. The number of unbranched alkanes of at least 4 members (excludes halogenated alkanes) is 38. The van der Waals surface area contributed by atoms with E-state index in [4.69, 9.17) is 14.2 Å². The first-order valence-electron chi connectivity index (χ1n) is 35.7. The molecule has 0 spiro atoms. The molecule has 1 atom stereocenters. The Morgan fingerprint density at radius 1 is 0.253 bits per heavy atom. The lowest BCUT2D eigenvalue weighted by atomic mass is 10.0. The van der Waals surface area contributed by atoms with Gasteiger partial charge in [0, 0.05) is 19.3 Å². The zero-order valence-electron chi connectivity index (χ0n) is 54.9. The zero-order valence-corrected chi connectivity index (χ0v) is 54.9. The third-order valence-electron chi connectivity index (χ3n) is 15.6. The number of ether oxygens (including phenoxy) is 3. The van der Waals surface area contributed by atoms with Crippen molar-refractivity contribution in [1.29, 1.82) is 0 Å². The monoisotopic (exact) mass is 1160 g/mol. The van der Waals surface area contributed by atoms with E-state index in [2.05, 4.69) is 118 Å². The first-order valence-corrected chi connectivity index (χ1v) is 35.7. The molecule has 83 heavy (non-hydrogen) atoms. The van der Waals surface area contributed by atoms with Gasteiger partial charge in [0.25, 0.3) is 0 Å². The lowest BCUT2D eigenvalue weighted by Crippen LogP contribution is -2.30. The molecule has 0 rings (SSSR count). The van der Waals surface area contributed by atoms with Crippen LogP contribution >= 0.6 is 0 Å². The summed E-state index contributed by atoms with van der Waals surface area (Å²) in [6.45, 7) is 6.52. The van der Waals surface area contributed by atoms with Crippen molar-refractivity contribution in [3.63, 3.8) is 0 Å². The van der Waals surface area contributed by atoms with Gasteiger partial charge in [-0.2, -0.15) is 0 Å². The predicted molar refractivity (Wildman–Crippen MR) is 362 cm³/mol. The molecule has 0 amide bonds. The van der Waals surface area contributed by atoms with Crippen LogP contribution in [0.25, 0.3) is 0 Å². The van der Waals surface area contributed by atoms with E-state index in [1.807, 2.05) is 0 Å². The van der Waals surface area contributed by atoms with Crippen molar-refractivity contribution in [2.24, 2.45) is 0 Å². The Labute approximate surface area is 515 Å². The van der Waals surface area contributed by atoms with Gasteiger partial charge in [0.1, 0.15) is 13.2 Å². The molecule has 0 fully saturated rings. The molecule has 0 radical (unpaired) electrons. The van der Waals surface area contributed by atoms with Crippen LogP contribution < -0.4 is 0 Å². The molecule has 0 saturated carbocycles. The Kier molecular flexibility index (Phi) is 67.7. The third-order valence-corrected chi connectivity index (χ3v) is 15.6. The fourth-order valence-corrected chi connectivity index (χ4v) is 10.2. The first-order chi connectivity index (χ1) is 41.0. The SMILES string of the molecule is CC/C=C\C/C=C\C/C=C\C/C=C\C/C=C\C/C=C\CCCCCCCCCCC(=O)OCC(COC(=O)CCCCCCC/C=C\C/C=C\CCCC)OC(=O)CCCCCCCCCCCCCCCCCCCCCCCCCC. The van der Waals surface area contributed by atoms with Crippen LogP contribution in [0, 0.1) is 0 Å². The second kappa shape index (κ2) is 70.8. The number of hydrogen-bond acceptors (Lipinski definition) is 6. The average molecular weight is 1160 g/mol. The molecule has 0 aromatic carbocycles. The van der Waals surface area contributed by atoms with E-state index in [-0.39, 0.29) is 31.1 Å². The van der Waals surface area contributed by atoms with Crippen LogP contribution in [0.2, 0.25) is 0 Å². The Morgan fingerprint density at radius 3 is 0.771 bits per heavy atom. The van der Waals surface area contributed by atoms with E-state index in [0.29, 0.717) is 19.3 Å². The van der Waals surface area contributed by atoms with Crippen molar-refractivity contribution in [2.75, 3.05) is 13.2 Å². The highest BCUT2D eigenvalue weighted by Crippen LogP contribution is 2.18. The molecule has 0 aliphatic carbocycles. The quantitative estimate of drug-likeness (QED) is 0.0261. The topological polar surface area (TPSA) is 78.9 Å². The van der Waals surface area contributed by atoms with E-state index < -0.39 is 6.10 Å². The Bertz CT molecular complexity index is 1610. The summed E-state index contributed by atoms with van der Waals surface area (Å²) in [5.74, 6) is -0.887. The van der Waals surface area contributed by atoms with Crippen LogP contribution in [0.3, 0.4) is 0 Å². The lowest BCUT2D eigenvalue weighted by molar-refractivity contribution is -0.167. The summed E-state index contributed by atoms with van der Waals surface area (Å²) in [5.41, 5.74) is 0. The standard InChI is InChI=1S/C77H134O6/c1-4-7-10-13-16-19-22-25-28-30-32-34-36-38-39-40-42-43-45-47-49-52-55-58-61-64-67-70-76(79)82-73-74(72-81-75(78)69-66-63-60-57-54-51-27-24-21-18-15-12-9-6-3)83-77(80)71-68-65-62-59-56-53-50-48-46-44-41-37-35-33-31-29-26-23-20-17-14-11-8-5-2/h7,10,15-16,18-19,24-25,27-28,32,34,38-39,42-43,74H,4-6,8-9,11-14,17,20-23,26,29-31,33,35-37,40-41,44-73H2,1-3H3/b10-7-,18-15-,19-16-,27-24-,28-25-,34-32-,39-38-,43-42-. The van der Waals surface area contributed by atoms with Crippen molar-refractivity contribution >= 4 is 17.9 Å². The third kappa shape index (κ3) is 69.0. The number of hydrogen-bond donors (Lipinski definition) is 0. The van der Waals surface area contributed by atoms with Gasteiger partial charge in [0.05, 0.1) is 0 Å². The second-order valence-corrected chi connectivity index (χ2v) is 23.8. The first kappa shape index (κ1) is 79.3. The van der Waals surface area contributed by atoms with Crippen LogP contribution in [0.4, 0.5) is 0 Å². The number of allylic oxidation sites excluding steroid dienone is 16. The maximum Gasteiger partial charge on any atom is 0.306 e. The summed E-state index contributed by atoms with van der Waals surface area (Å²) in [6.07, 6.45) is 95.8. The van der Waals surface area contributed by atoms with Crippen LogP contribution in [0.5, 0.6) is 0 Å². The van der Waals surface area contributed by atoms with Crippen molar-refractivity contribution in [2.45, 2.75) is 361 Å². The minimum Gasteiger partial charge on any atom is -0.462 e. The maximum absolute atomic E-state index is 13.0. The molecular formula is C77H134O6. The van der Waals surface area contributed by atoms with E-state index in [9.17, 15) is 14.4 Å². The predicted octanol–water partition coefficient (Wildman–Crippen LogP) is 24.8. The summed E-state index contributed by atoms with van der Waals surface area (Å²) in [7, 11) is 0. The average Bonchev–Trinajstić information content (AvgIpc) is 3.50. The number of carbonyl (C=O) groups excluding carboxylic acids is 3. The molecule has 0 aliphatic rings. The van der Waals surface area contributed by atoms with E-state index in [1.165, 1.54) is 193 Å². The molecule has 6 heteroatoms. The van der Waals surface area contributed by atoms with Gasteiger partial charge in [-0.05, 0) is 96.3 Å². The van der Waals surface area contributed by atoms with Gasteiger partial charge in [0.15, 0.2) is 6.10 Å². The Hall–Kier alpha value is -3.67. The van der Waals surface area contributed by atoms with Crippen LogP contribution in [0.15, 0.2) is 97.2 Å². The minimum atomic E-state index is -0.788. The minimum absolute atomic E-state index is 0.0839. The van der Waals surface area contributed by atoms with Gasteiger partial charge < -0.3 is 14.2 Å². The van der Waals surface area contributed by atoms with E-state index >= 15 is 0 Å². The number of carbonyl (C=O) groups is 3. The van der Waals surface area contributed by atoms with Crippen molar-refractivity contribution in [3.05, 3.63) is 97.2 Å². The van der Waals surface area contributed by atoms with Crippen LogP contribution in [-0.2, 0) is 28.6 Å². The molecule has 0 bridgehead atoms. The van der Waals surface area contributed by atoms with Gasteiger partial charge in [-0.3, -0.25) is 14.4 Å². The molecule has 0 aromatic rings. The van der Waals surface area contributed by atoms with Crippen molar-refractivity contribution in [1.82, 2.24) is 0 Å². The summed E-state index contributed by atoms with van der Waals surface area (Å²) in [6, 6.07) is 0. The van der Waals surface area contributed by atoms with Gasteiger partial charge >= 0.3 is 17.9 Å². The van der Waals surface area contributed by atoms with E-state index in [1.54, 1.807) is 0 Å². The Morgan fingerprint density at radius 2 is 0.482 bits per heavy atom. The highest BCUT2D eigenvalue weighted by atomic mass is 16.6. The summed E-state index contributed by atoms with van der Waals surface area (Å²) in [5, 5.41) is 0. The summed E-state index contributed by atoms with van der Waals surface area (Å²) in [4.78, 5) is 38.5. The second-order valence-electron chi connectivity index (χ2n) is 23.8. The summed E-state index contributed by atoms with van der Waals surface area (Å²) >= 11 is 0. The molecule has 0 N–H and O–H groups in total. The van der Waals surface area contributed by atoms with Gasteiger partial charge in [-0.1, -0.05) is 336 Å². The molecule has 0 saturated heterocycles. The molecule has 478 valence electrons. The van der Waals surface area contributed by atoms with Crippen molar-refractivity contribution < 1.29 is 28.6 Å². The van der Waals surface area contributed by atoms with Gasteiger partial charge in [-0.25, -0.2) is 0 Å². The fraction of sp³-hybridized carbons (Fsp3) is 0.753. The molecular weight excluding hydrogens is 1020 g/mol. The molecule has 6 nitrogen and oxygen atoms in total. The van der Waals surface area contributed by atoms with Gasteiger partial charge in [-0.15, -0.1) is 0 Å². The van der Waals surface area contributed by atoms with Crippen LogP contribution in [-0.4, -0.2) is 37.2 Å². The zero-order chi connectivity index (χ0) is 59.9. The molecule has 0 aromatic heterocycles. The van der Waals surface area contributed by atoms with Crippen molar-refractivity contribution in [3.8, 4) is 0 Å². The van der Waals surface area contributed by atoms with Crippen LogP contribution in [0.1, 0.15) is 355 Å². The highest BCUT2D eigenvalue weighted by Gasteiger charge is 2.19. The van der Waals surface area contributed by atoms with Gasteiger partial charge in [0.2, 0.25) is 0 Å². The summed E-state index contributed by atoms with van der Waals surface area (Å²) < 4.78 is 17.0. The smallest absolute Gasteiger partial charge is 0.306 e. The lowest BCUT2D eigenvalue weighted by Gasteiger charge is -2.18. The molecule has 0 aliphatic heterocycles. The number of rotatable bonds is 65. The highest BCUT2D eigenvalue weighted by molar-refractivity contribution is 5.71. The largest absolute Gasteiger partial charge is 0.462 e. The molecule has 0 heterocycles. The maximum atomic E-state index is 13.0. The van der Waals surface area contributed by atoms with E-state index in [0.717, 1.165) is 122 Å². The fourth-order valence-electron chi connectivity index (χ4n) is 10.2. The molecule has 1 unspecified atom stereocenters.